The Bertz CT molecular complexity index is 372. The summed E-state index contributed by atoms with van der Waals surface area (Å²) in [6.45, 7) is 7.74. The molecular formula is C24H48N2O2S. The SMILES string of the molecule is CCCCCCCCCCCCCCCCSCC(C[N])NC(=O)OC(C)(C)C. The van der Waals surface area contributed by atoms with Crippen molar-refractivity contribution in [3.8, 4) is 0 Å². The largest absolute Gasteiger partial charge is 0.444 e. The van der Waals surface area contributed by atoms with Gasteiger partial charge in [-0.3, -0.25) is 0 Å². The molecule has 1 amide bonds. The zero-order valence-electron chi connectivity index (χ0n) is 19.8. The van der Waals surface area contributed by atoms with Gasteiger partial charge in [0.25, 0.3) is 0 Å². The number of thioether (sulfide) groups is 1. The van der Waals surface area contributed by atoms with Crippen molar-refractivity contribution in [1.82, 2.24) is 11.1 Å². The Kier molecular flexibility index (Phi) is 19.3. The lowest BCUT2D eigenvalue weighted by Gasteiger charge is -2.22. The van der Waals surface area contributed by atoms with Crippen molar-refractivity contribution in [3.05, 3.63) is 0 Å². The Balaban J connectivity index is 3.38. The molecule has 0 aromatic carbocycles. The third-order valence-electron chi connectivity index (χ3n) is 4.90. The molecule has 0 aliphatic heterocycles. The molecule has 172 valence electrons. The highest BCUT2D eigenvalue weighted by atomic mass is 32.2. The van der Waals surface area contributed by atoms with Gasteiger partial charge in [0.2, 0.25) is 0 Å². The van der Waals surface area contributed by atoms with E-state index >= 15 is 0 Å². The third-order valence-corrected chi connectivity index (χ3v) is 6.12. The highest BCUT2D eigenvalue weighted by Crippen LogP contribution is 2.14. The lowest BCUT2D eigenvalue weighted by atomic mass is 10.0. The Morgan fingerprint density at radius 3 is 1.72 bits per heavy atom. The summed E-state index contributed by atoms with van der Waals surface area (Å²) in [5.41, 5.74) is 8.91. The number of hydrogen-bond acceptors (Lipinski definition) is 3. The molecule has 0 aromatic heterocycles. The van der Waals surface area contributed by atoms with E-state index in [0.29, 0.717) is 0 Å². The van der Waals surface area contributed by atoms with Crippen LogP contribution < -0.4 is 11.1 Å². The van der Waals surface area contributed by atoms with Crippen molar-refractivity contribution >= 4 is 17.9 Å². The average molecular weight is 429 g/mol. The molecule has 0 aliphatic carbocycles. The van der Waals surface area contributed by atoms with Gasteiger partial charge in [0.15, 0.2) is 0 Å². The van der Waals surface area contributed by atoms with Crippen molar-refractivity contribution in [2.45, 2.75) is 129 Å². The zero-order chi connectivity index (χ0) is 21.8. The molecule has 0 spiro atoms. The number of ether oxygens (including phenoxy) is 1. The van der Waals surface area contributed by atoms with Crippen LogP contribution >= 0.6 is 11.8 Å². The Morgan fingerprint density at radius 2 is 1.31 bits per heavy atom. The molecule has 0 aliphatic rings. The maximum absolute atomic E-state index is 11.7. The summed E-state index contributed by atoms with van der Waals surface area (Å²) in [7, 11) is 0. The molecule has 29 heavy (non-hydrogen) atoms. The molecular weight excluding hydrogens is 380 g/mol. The monoisotopic (exact) mass is 428 g/mol. The quantitative estimate of drug-likeness (QED) is 0.222. The topological polar surface area (TPSA) is 60.6 Å². The van der Waals surface area contributed by atoms with Crippen LogP contribution in [0.3, 0.4) is 0 Å². The summed E-state index contributed by atoms with van der Waals surface area (Å²) in [6, 6.07) is -0.235. The summed E-state index contributed by atoms with van der Waals surface area (Å²) in [5.74, 6) is 1.82. The fourth-order valence-electron chi connectivity index (χ4n) is 3.24. The van der Waals surface area contributed by atoms with E-state index in [1.54, 1.807) is 11.8 Å². The molecule has 0 heterocycles. The van der Waals surface area contributed by atoms with Crippen LogP contribution in [-0.2, 0) is 4.74 Å². The first-order valence-corrected chi connectivity index (χ1v) is 13.2. The van der Waals surface area contributed by atoms with E-state index in [1.165, 1.54) is 89.9 Å². The Morgan fingerprint density at radius 1 is 0.862 bits per heavy atom. The minimum Gasteiger partial charge on any atom is -0.444 e. The van der Waals surface area contributed by atoms with Crippen LogP contribution in [0.5, 0.6) is 0 Å². The molecule has 5 heteroatoms. The summed E-state index contributed by atoms with van der Waals surface area (Å²) in [4.78, 5) is 11.7. The summed E-state index contributed by atoms with van der Waals surface area (Å²) in [5, 5.41) is 2.74. The molecule has 1 atom stereocenters. The third kappa shape index (κ3) is 22.1. The van der Waals surface area contributed by atoms with Crippen molar-refractivity contribution in [1.29, 1.82) is 0 Å². The highest BCUT2D eigenvalue weighted by molar-refractivity contribution is 7.99. The van der Waals surface area contributed by atoms with Crippen LogP contribution in [-0.4, -0.2) is 35.8 Å². The van der Waals surface area contributed by atoms with Gasteiger partial charge in [-0.25, -0.2) is 4.79 Å². The summed E-state index contributed by atoms with van der Waals surface area (Å²) >= 11 is 1.80. The predicted molar refractivity (Wildman–Crippen MR) is 128 cm³/mol. The summed E-state index contributed by atoms with van der Waals surface area (Å²) in [6.07, 6.45) is 18.8. The molecule has 1 N–H and O–H groups in total. The number of carbonyl (C=O) groups excluding carboxylic acids is 1. The van der Waals surface area contributed by atoms with Gasteiger partial charge in [0, 0.05) is 5.75 Å². The zero-order valence-corrected chi connectivity index (χ0v) is 20.6. The number of nitrogens with zero attached hydrogens (tertiary/aromatic N) is 1. The fraction of sp³-hybridized carbons (Fsp3) is 0.958. The average Bonchev–Trinajstić information content (AvgIpc) is 2.65. The van der Waals surface area contributed by atoms with Gasteiger partial charge in [-0.15, -0.1) is 5.73 Å². The molecule has 4 nitrogen and oxygen atoms in total. The second kappa shape index (κ2) is 19.5. The van der Waals surface area contributed by atoms with Gasteiger partial charge in [0.05, 0.1) is 12.6 Å². The fourth-order valence-corrected chi connectivity index (χ4v) is 4.29. The van der Waals surface area contributed by atoms with E-state index in [0.717, 1.165) is 11.5 Å². The maximum atomic E-state index is 11.7. The minimum atomic E-state index is -0.508. The van der Waals surface area contributed by atoms with Crippen LogP contribution in [0, 0.1) is 0 Å². The summed E-state index contributed by atoms with van der Waals surface area (Å²) < 4.78 is 5.23. The molecule has 1 unspecified atom stereocenters. The van der Waals surface area contributed by atoms with Gasteiger partial charge in [-0.1, -0.05) is 90.4 Å². The number of alkyl carbamates (subject to hydrolysis) is 1. The van der Waals surface area contributed by atoms with E-state index in [2.05, 4.69) is 12.2 Å². The molecule has 2 radical (unpaired) electrons. The first kappa shape index (κ1) is 28.6. The molecule has 0 saturated carbocycles. The van der Waals surface area contributed by atoms with Crippen molar-refractivity contribution in [2.24, 2.45) is 0 Å². The first-order chi connectivity index (χ1) is 13.9. The number of unbranched alkanes of at least 4 members (excludes halogenated alkanes) is 13. The van der Waals surface area contributed by atoms with Crippen LogP contribution in [0.15, 0.2) is 0 Å². The number of hydrogen-bond donors (Lipinski definition) is 1. The van der Waals surface area contributed by atoms with Gasteiger partial charge < -0.3 is 10.1 Å². The number of rotatable bonds is 19. The molecule has 0 bridgehead atoms. The van der Waals surface area contributed by atoms with Crippen molar-refractivity contribution < 1.29 is 9.53 Å². The van der Waals surface area contributed by atoms with E-state index in [4.69, 9.17) is 4.74 Å². The van der Waals surface area contributed by atoms with E-state index in [1.807, 2.05) is 20.8 Å². The molecule has 0 saturated heterocycles. The van der Waals surface area contributed by atoms with Gasteiger partial charge >= 0.3 is 6.09 Å². The maximum Gasteiger partial charge on any atom is 0.407 e. The molecule has 0 rings (SSSR count). The lowest BCUT2D eigenvalue weighted by molar-refractivity contribution is 0.0511. The van der Waals surface area contributed by atoms with Crippen LogP contribution in [0.1, 0.15) is 118 Å². The normalized spacial score (nSPS) is 12.7. The second-order valence-electron chi connectivity index (χ2n) is 9.20. The van der Waals surface area contributed by atoms with Gasteiger partial charge in [0.1, 0.15) is 5.60 Å². The van der Waals surface area contributed by atoms with Crippen molar-refractivity contribution in [2.75, 3.05) is 18.1 Å². The van der Waals surface area contributed by atoms with E-state index < -0.39 is 11.7 Å². The van der Waals surface area contributed by atoms with E-state index in [9.17, 15) is 10.5 Å². The smallest absolute Gasteiger partial charge is 0.407 e. The van der Waals surface area contributed by atoms with Crippen LogP contribution in [0.2, 0.25) is 0 Å². The van der Waals surface area contributed by atoms with Gasteiger partial charge in [-0.05, 0) is 32.9 Å². The molecule has 0 fully saturated rings. The number of amides is 1. The number of carbonyl (C=O) groups is 1. The first-order valence-electron chi connectivity index (χ1n) is 12.1. The van der Waals surface area contributed by atoms with Crippen LogP contribution in [0.4, 0.5) is 4.79 Å². The lowest BCUT2D eigenvalue weighted by Crippen LogP contribution is -2.42. The van der Waals surface area contributed by atoms with Gasteiger partial charge in [-0.2, -0.15) is 11.8 Å². The standard InChI is InChI=1S/C24H48N2O2S/c1-5-6-7-8-9-10-11-12-13-14-15-16-17-18-19-29-21-22(20-25)26-23(27)28-24(2,3)4/h22H,5-21H2,1-4H3,(H,26,27). The van der Waals surface area contributed by atoms with Crippen molar-refractivity contribution in [3.63, 3.8) is 0 Å². The number of nitrogens with one attached hydrogen (secondary N) is 1. The Hall–Kier alpha value is -0.420. The Labute approximate surface area is 185 Å². The second-order valence-corrected chi connectivity index (χ2v) is 10.3. The highest BCUT2D eigenvalue weighted by Gasteiger charge is 2.19. The molecule has 0 aromatic rings. The predicted octanol–water partition coefficient (Wildman–Crippen LogP) is 7.16. The minimum absolute atomic E-state index is 0.0506. The van der Waals surface area contributed by atoms with Crippen LogP contribution in [0.25, 0.3) is 0 Å². The van der Waals surface area contributed by atoms with E-state index in [-0.39, 0.29) is 12.6 Å².